The predicted octanol–water partition coefficient (Wildman–Crippen LogP) is 15.0. The van der Waals surface area contributed by atoms with Gasteiger partial charge in [-0.2, -0.15) is 0 Å². The minimum Gasteiger partial charge on any atom is -0.310 e. The Morgan fingerprint density at radius 2 is 0.839 bits per heavy atom. The molecular formula is C54H34N2. The summed E-state index contributed by atoms with van der Waals surface area (Å²) in [7, 11) is 0. The van der Waals surface area contributed by atoms with Crippen molar-refractivity contribution in [3.63, 3.8) is 0 Å². The van der Waals surface area contributed by atoms with E-state index in [1.165, 1.54) is 93.2 Å². The molecule has 1 aromatic heterocycles. The van der Waals surface area contributed by atoms with E-state index in [4.69, 9.17) is 0 Å². The van der Waals surface area contributed by atoms with Crippen molar-refractivity contribution in [1.82, 2.24) is 4.57 Å². The van der Waals surface area contributed by atoms with Crippen molar-refractivity contribution < 1.29 is 0 Å². The van der Waals surface area contributed by atoms with E-state index in [0.29, 0.717) is 0 Å². The van der Waals surface area contributed by atoms with Gasteiger partial charge in [-0.25, -0.2) is 0 Å². The highest BCUT2D eigenvalue weighted by Crippen LogP contribution is 2.51. The van der Waals surface area contributed by atoms with Gasteiger partial charge in [0.1, 0.15) is 0 Å². The molecule has 0 radical (unpaired) electrons. The smallest absolute Gasteiger partial charge is 0.0546 e. The number of anilines is 3. The maximum atomic E-state index is 2.42. The molecule has 56 heavy (non-hydrogen) atoms. The summed E-state index contributed by atoms with van der Waals surface area (Å²) in [6, 6.07) is 75.7. The highest BCUT2D eigenvalue weighted by atomic mass is 15.1. The van der Waals surface area contributed by atoms with E-state index in [2.05, 4.69) is 216 Å². The highest BCUT2D eigenvalue weighted by molar-refractivity contribution is 6.14. The number of para-hydroxylation sites is 3. The summed E-state index contributed by atoms with van der Waals surface area (Å²) in [4.78, 5) is 2.42. The standard InChI is InChI=1S/C54H34N2/c1-3-14-36(15-4-1)54-44-18-8-7-13-35(44)25-28-53(54)55(41-16-5-2-6-17-41)42-26-23-37-31-47-49(33-39(37)29-42)48-32-38-24-27-43(30-40(38)34-50(47)48)56-51-21-11-9-19-45(51)46-20-10-12-22-52(46)56/h1-34H. The lowest BCUT2D eigenvalue weighted by atomic mass is 9.78. The molecule has 0 bridgehead atoms. The fourth-order valence-electron chi connectivity index (χ4n) is 9.24. The number of fused-ring (bicyclic) bond motifs is 10. The van der Waals surface area contributed by atoms with Crippen LogP contribution in [0.4, 0.5) is 17.1 Å². The molecule has 0 unspecified atom stereocenters. The zero-order chi connectivity index (χ0) is 36.7. The Hall–Kier alpha value is -7.42. The summed E-state index contributed by atoms with van der Waals surface area (Å²) in [5.41, 5.74) is 14.8. The Bertz CT molecular complexity index is 3300. The van der Waals surface area contributed by atoms with Gasteiger partial charge in [-0.05, 0) is 139 Å². The lowest BCUT2D eigenvalue weighted by Gasteiger charge is -2.30. The predicted molar refractivity (Wildman–Crippen MR) is 238 cm³/mol. The van der Waals surface area contributed by atoms with Gasteiger partial charge < -0.3 is 9.47 Å². The van der Waals surface area contributed by atoms with Crippen LogP contribution < -0.4 is 4.90 Å². The first-order chi connectivity index (χ1) is 27.8. The molecular weight excluding hydrogens is 677 g/mol. The Labute approximate surface area is 324 Å². The van der Waals surface area contributed by atoms with Crippen molar-refractivity contribution in [3.8, 4) is 39.1 Å². The molecule has 0 saturated heterocycles. The van der Waals surface area contributed by atoms with Crippen molar-refractivity contribution in [1.29, 1.82) is 0 Å². The van der Waals surface area contributed by atoms with Crippen LogP contribution in [0.3, 0.4) is 0 Å². The minimum atomic E-state index is 1.13. The highest BCUT2D eigenvalue weighted by Gasteiger charge is 2.25. The molecule has 260 valence electrons. The molecule has 1 aliphatic carbocycles. The van der Waals surface area contributed by atoms with Gasteiger partial charge in [0.2, 0.25) is 0 Å². The molecule has 11 aromatic rings. The second-order valence-electron chi connectivity index (χ2n) is 14.9. The summed E-state index contributed by atoms with van der Waals surface area (Å²) in [6.45, 7) is 0. The van der Waals surface area contributed by atoms with Crippen molar-refractivity contribution in [3.05, 3.63) is 206 Å². The van der Waals surface area contributed by atoms with Crippen LogP contribution in [0.5, 0.6) is 0 Å². The maximum absolute atomic E-state index is 2.42. The number of aromatic nitrogens is 1. The van der Waals surface area contributed by atoms with Crippen LogP contribution in [-0.4, -0.2) is 4.57 Å². The number of benzene rings is 10. The van der Waals surface area contributed by atoms with E-state index in [1.807, 2.05) is 0 Å². The van der Waals surface area contributed by atoms with Gasteiger partial charge in [0.05, 0.1) is 16.7 Å². The maximum Gasteiger partial charge on any atom is 0.0546 e. The summed E-state index contributed by atoms with van der Waals surface area (Å²) in [6.07, 6.45) is 0. The third-order valence-electron chi connectivity index (χ3n) is 11.8. The zero-order valence-electron chi connectivity index (χ0n) is 30.5. The summed E-state index contributed by atoms with van der Waals surface area (Å²) in [5.74, 6) is 0. The molecule has 12 rings (SSSR count). The van der Waals surface area contributed by atoms with E-state index < -0.39 is 0 Å². The second-order valence-corrected chi connectivity index (χ2v) is 14.9. The summed E-state index contributed by atoms with van der Waals surface area (Å²) in [5, 5.41) is 10.0. The molecule has 0 amide bonds. The molecule has 1 aliphatic rings. The first-order valence-electron chi connectivity index (χ1n) is 19.3. The van der Waals surface area contributed by atoms with Crippen molar-refractivity contribution in [2.45, 2.75) is 0 Å². The average Bonchev–Trinajstić information content (AvgIpc) is 3.60. The molecule has 0 atom stereocenters. The van der Waals surface area contributed by atoms with Gasteiger partial charge in [-0.1, -0.05) is 127 Å². The van der Waals surface area contributed by atoms with E-state index in [9.17, 15) is 0 Å². The van der Waals surface area contributed by atoms with Crippen LogP contribution in [0, 0.1) is 0 Å². The molecule has 0 fully saturated rings. The first-order valence-corrected chi connectivity index (χ1v) is 19.3. The quantitative estimate of drug-likeness (QED) is 0.173. The van der Waals surface area contributed by atoms with E-state index >= 15 is 0 Å². The van der Waals surface area contributed by atoms with Gasteiger partial charge >= 0.3 is 0 Å². The molecule has 0 spiro atoms. The second kappa shape index (κ2) is 12.0. The van der Waals surface area contributed by atoms with Crippen LogP contribution in [0.2, 0.25) is 0 Å². The number of hydrogen-bond donors (Lipinski definition) is 0. The van der Waals surface area contributed by atoms with Crippen LogP contribution >= 0.6 is 0 Å². The first kappa shape index (κ1) is 31.0. The van der Waals surface area contributed by atoms with Gasteiger partial charge in [-0.15, -0.1) is 0 Å². The zero-order valence-corrected chi connectivity index (χ0v) is 30.5. The SMILES string of the molecule is c1ccc(-c2c(N(c3ccccc3)c3ccc4cc5c(cc4c3)-c3cc4ccc(-n6c7ccccc7c7ccccc76)cc4cc3-5)ccc3ccccc23)cc1. The van der Waals surface area contributed by atoms with Crippen LogP contribution in [-0.2, 0) is 0 Å². The molecule has 10 aromatic carbocycles. The third kappa shape index (κ3) is 4.63. The average molecular weight is 711 g/mol. The Kier molecular flexibility index (Phi) is 6.66. The number of hydrogen-bond acceptors (Lipinski definition) is 1. The molecule has 2 heteroatoms. The van der Waals surface area contributed by atoms with Gasteiger partial charge in [0.15, 0.2) is 0 Å². The summed E-state index contributed by atoms with van der Waals surface area (Å²) < 4.78 is 2.40. The normalized spacial score (nSPS) is 11.9. The van der Waals surface area contributed by atoms with Gasteiger partial charge in [0, 0.05) is 33.4 Å². The van der Waals surface area contributed by atoms with Crippen molar-refractivity contribution in [2.75, 3.05) is 4.90 Å². The van der Waals surface area contributed by atoms with Crippen LogP contribution in [0.15, 0.2) is 206 Å². The number of nitrogens with zero attached hydrogens (tertiary/aromatic N) is 2. The Morgan fingerprint density at radius 1 is 0.321 bits per heavy atom. The molecule has 0 saturated carbocycles. The van der Waals surface area contributed by atoms with E-state index in [1.54, 1.807) is 0 Å². The molecule has 1 heterocycles. The monoisotopic (exact) mass is 710 g/mol. The van der Waals surface area contributed by atoms with E-state index in [-0.39, 0.29) is 0 Å². The number of rotatable bonds is 5. The van der Waals surface area contributed by atoms with Crippen LogP contribution in [0.1, 0.15) is 0 Å². The lowest BCUT2D eigenvalue weighted by Crippen LogP contribution is -2.11. The van der Waals surface area contributed by atoms with Gasteiger partial charge in [-0.3, -0.25) is 0 Å². The topological polar surface area (TPSA) is 8.17 Å². The van der Waals surface area contributed by atoms with Crippen molar-refractivity contribution >= 4 is 71.2 Å². The third-order valence-corrected chi connectivity index (χ3v) is 11.8. The van der Waals surface area contributed by atoms with E-state index in [0.717, 1.165) is 17.1 Å². The fourth-order valence-corrected chi connectivity index (χ4v) is 9.24. The van der Waals surface area contributed by atoms with Crippen LogP contribution in [0.25, 0.3) is 93.2 Å². The Morgan fingerprint density at radius 3 is 1.52 bits per heavy atom. The largest absolute Gasteiger partial charge is 0.310 e. The molecule has 0 N–H and O–H groups in total. The fraction of sp³-hybridized carbons (Fsp3) is 0. The molecule has 0 aliphatic heterocycles. The summed E-state index contributed by atoms with van der Waals surface area (Å²) >= 11 is 0. The minimum absolute atomic E-state index is 1.13. The lowest BCUT2D eigenvalue weighted by molar-refractivity contribution is 1.19. The van der Waals surface area contributed by atoms with Gasteiger partial charge in [0.25, 0.3) is 0 Å². The Balaban J connectivity index is 0.982. The van der Waals surface area contributed by atoms with Crippen molar-refractivity contribution in [2.24, 2.45) is 0 Å². The molecule has 2 nitrogen and oxygen atoms in total.